The number of carbonyl (C=O) groups is 1. The number of rotatable bonds is 26. The number of phosphoric acid groups is 3. The predicted molar refractivity (Wildman–Crippen MR) is 278 cm³/mol. The van der Waals surface area contributed by atoms with Gasteiger partial charge in [0.2, 0.25) is 23.6 Å². The third kappa shape index (κ3) is 13.4. The number of hydrogen-bond acceptors (Lipinski definition) is 31. The summed E-state index contributed by atoms with van der Waals surface area (Å²) in [5.41, 5.74) is 13.4. The van der Waals surface area contributed by atoms with Crippen LogP contribution >= 0.6 is 31.1 Å². The van der Waals surface area contributed by atoms with Gasteiger partial charge in [0.25, 0.3) is 17.1 Å². The zero-order valence-corrected chi connectivity index (χ0v) is 48.4. The second kappa shape index (κ2) is 25.2. The van der Waals surface area contributed by atoms with Gasteiger partial charge in [0.1, 0.15) is 50.0 Å². The van der Waals surface area contributed by atoms with Gasteiger partial charge in [0, 0.05) is 46.8 Å². The van der Waals surface area contributed by atoms with E-state index in [1.165, 1.54) is 41.6 Å². The molecular formula is C40H58N16O25P4. The summed E-state index contributed by atoms with van der Waals surface area (Å²) in [7, 11) is -18.6. The molecule has 3 saturated heterocycles. The predicted octanol–water partition coefficient (Wildman–Crippen LogP) is -4.51. The minimum atomic E-state index is -6.31. The van der Waals surface area contributed by atoms with Crippen molar-refractivity contribution in [3.05, 3.63) is 46.0 Å². The summed E-state index contributed by atoms with van der Waals surface area (Å²) in [4.78, 5) is 116. The fourth-order valence-electron chi connectivity index (χ4n) is 9.91. The minimum Gasteiger partial charge on any atom is -0.778 e. The molecule has 0 aliphatic carbocycles. The smallest absolute Gasteiger partial charge is 0.490 e. The lowest BCUT2D eigenvalue weighted by Gasteiger charge is -2.35. The standard InChI is InChI=1S/C40H58N16O25P4/c1-52-16-56(33-24(52)35(62)51-40(43)49-33)36-25(58)17(9-21(57)53(5-7-71-2)6-8-72-3)18(77-36)10-75-83(65,66)80-85(69,70)81-84(67,68)76-12-20-29(28(73-4)38(79-20)54-14-46-22-30(41)44-13-45-31(22)54)82(63,64)74-11-19-26(59)27(60)37(78-19)55-15-47-23-32(55)48-39(42)50-34(23)61/h13-20,25-29,36-38,58-60H,5-12H2,1-4H3,(H11-,41,42,43,44,45,48,49,50,51,61,62,63,64,65,66,67,68,69,70)/t17-,18-,19-,20?,25-,26-,27-,28-,29-,36?,37-,38-/m1/s1. The summed E-state index contributed by atoms with van der Waals surface area (Å²) in [5, 5.41) is 33.8. The summed E-state index contributed by atoms with van der Waals surface area (Å²) in [6.45, 7) is -3.21. The van der Waals surface area contributed by atoms with Crippen LogP contribution in [0.1, 0.15) is 25.1 Å². The normalized spacial score (nSPS) is 28.2. The van der Waals surface area contributed by atoms with Crippen molar-refractivity contribution in [1.29, 1.82) is 0 Å². The molecule has 85 heavy (non-hydrogen) atoms. The van der Waals surface area contributed by atoms with Crippen LogP contribution in [0.15, 0.2) is 34.9 Å². The molecule has 3 aliphatic heterocycles. The van der Waals surface area contributed by atoms with Gasteiger partial charge in [-0.25, -0.2) is 38.2 Å². The number of aryl methyl sites for hydroxylation is 1. The average molecular weight is 1290 g/mol. The Hall–Kier alpha value is -5.68. The SMILES string of the molecule is COCCN(CCOC)C(=O)C[C@@H]1[C@@H](COP(=O)(O)OP(=O)(O)OP(=O)(O)OCC2O[C@@H](n3cnc4c(N)ncnc43)[C@H](OC)[C@@H]2P(=O)([O-])OC[C@H]2O[C@@H](n3cnc4c(=O)[nH]c(N)nc43)[C@H](O)[C@@H]2O)OC([n+]2cn(C)c3c(=O)[nH]c(N)nc32)[C@@H]1O. The molecule has 3 fully saturated rings. The third-order valence-electron chi connectivity index (χ3n) is 13.8. The van der Waals surface area contributed by atoms with Gasteiger partial charge in [-0.3, -0.25) is 47.1 Å². The van der Waals surface area contributed by atoms with E-state index in [4.69, 9.17) is 59.2 Å². The molecule has 0 saturated carbocycles. The van der Waals surface area contributed by atoms with Crippen LogP contribution in [-0.4, -0.2) is 210 Å². The zero-order chi connectivity index (χ0) is 61.7. The monoisotopic (exact) mass is 1290 g/mol. The Morgan fingerprint density at radius 1 is 0.741 bits per heavy atom. The van der Waals surface area contributed by atoms with Crippen LogP contribution in [0.5, 0.6) is 0 Å². The van der Waals surface area contributed by atoms with E-state index in [0.717, 1.165) is 35.2 Å². The maximum atomic E-state index is 14.4. The Bertz CT molecular complexity index is 3750. The number of fused-ring (bicyclic) bond motifs is 3. The Labute approximate surface area is 475 Å². The molecule has 6 unspecified atom stereocenters. The van der Waals surface area contributed by atoms with Gasteiger partial charge in [0.15, 0.2) is 41.4 Å². The van der Waals surface area contributed by atoms with Gasteiger partial charge < -0.3 is 94.5 Å². The number of aromatic amines is 2. The van der Waals surface area contributed by atoms with Gasteiger partial charge in [-0.15, -0.1) is 0 Å². The van der Waals surface area contributed by atoms with Crippen molar-refractivity contribution >= 4 is 88.2 Å². The van der Waals surface area contributed by atoms with Crippen LogP contribution in [0.25, 0.3) is 33.5 Å². The largest absolute Gasteiger partial charge is 0.778 e. The molecule has 9 heterocycles. The Kier molecular flexibility index (Phi) is 18.9. The molecule has 0 radical (unpaired) electrons. The van der Waals surface area contributed by atoms with Gasteiger partial charge in [-0.05, 0) is 0 Å². The third-order valence-corrected chi connectivity index (χ3v) is 19.9. The number of nitrogens with two attached hydrogens (primary N) is 3. The number of nitrogens with zero attached hydrogens (tertiary/aromatic N) is 11. The zero-order valence-electron chi connectivity index (χ0n) is 44.8. The van der Waals surface area contributed by atoms with E-state index in [1.807, 2.05) is 0 Å². The van der Waals surface area contributed by atoms with Crippen molar-refractivity contribution in [2.24, 2.45) is 13.0 Å². The lowest BCUT2D eigenvalue weighted by atomic mass is 9.93. The van der Waals surface area contributed by atoms with Crippen molar-refractivity contribution in [2.45, 2.75) is 73.5 Å². The number of aliphatic hydroxyl groups excluding tert-OH is 3. The number of phosphoric ester groups is 2. The Morgan fingerprint density at radius 3 is 1.98 bits per heavy atom. The van der Waals surface area contributed by atoms with Crippen molar-refractivity contribution in [2.75, 3.05) is 84.7 Å². The summed E-state index contributed by atoms with van der Waals surface area (Å²) in [6.07, 6.45) is -12.9. The highest BCUT2D eigenvalue weighted by Gasteiger charge is 2.55. The molecule has 1 amide bonds. The molecule has 14 N–H and O–H groups in total. The number of anilines is 3. The first kappa shape index (κ1) is 63.8. The Balaban J connectivity index is 0.903. The summed E-state index contributed by atoms with van der Waals surface area (Å²) in [5.74, 6) is -2.68. The second-order valence-electron chi connectivity index (χ2n) is 19.2. The molecule has 468 valence electrons. The first-order valence-corrected chi connectivity index (χ1v) is 31.0. The first-order valence-electron chi connectivity index (χ1n) is 24.9. The van der Waals surface area contributed by atoms with E-state index in [2.05, 4.69) is 48.5 Å². The van der Waals surface area contributed by atoms with E-state index in [9.17, 15) is 67.5 Å². The molecule has 6 aromatic heterocycles. The van der Waals surface area contributed by atoms with Crippen LogP contribution < -0.4 is 37.8 Å². The molecule has 16 atom stereocenters. The number of ether oxygens (including phenoxy) is 6. The molecule has 0 aromatic carbocycles. The maximum absolute atomic E-state index is 14.4. The van der Waals surface area contributed by atoms with E-state index < -0.39 is 147 Å². The van der Waals surface area contributed by atoms with Crippen molar-refractivity contribution < 1.29 is 113 Å². The summed E-state index contributed by atoms with van der Waals surface area (Å²) >= 11 is 0. The summed E-state index contributed by atoms with van der Waals surface area (Å²) < 4.78 is 117. The highest BCUT2D eigenvalue weighted by atomic mass is 31.3. The fourth-order valence-corrected chi connectivity index (χ4v) is 15.2. The fraction of sp³-hybridized carbons (Fsp3) is 0.600. The van der Waals surface area contributed by atoms with Crippen LogP contribution in [0, 0.1) is 5.92 Å². The highest BCUT2D eigenvalue weighted by molar-refractivity contribution is 7.66. The number of aliphatic hydroxyl groups is 3. The summed E-state index contributed by atoms with van der Waals surface area (Å²) in [6, 6.07) is 0. The lowest BCUT2D eigenvalue weighted by Crippen LogP contribution is -2.46. The molecule has 9 rings (SSSR count). The number of methoxy groups -OCH3 is 3. The Morgan fingerprint density at radius 2 is 1.33 bits per heavy atom. The molecule has 6 aromatic rings. The minimum absolute atomic E-state index is 0.0121. The van der Waals surface area contributed by atoms with Crippen molar-refractivity contribution in [3.63, 3.8) is 0 Å². The van der Waals surface area contributed by atoms with E-state index in [0.29, 0.717) is 0 Å². The van der Waals surface area contributed by atoms with Gasteiger partial charge in [-0.2, -0.15) is 13.6 Å². The number of hydrogen-bond donors (Lipinski definition) is 11. The molecular weight excluding hydrogens is 1230 g/mol. The first-order chi connectivity index (χ1) is 40.1. The molecule has 0 bridgehead atoms. The van der Waals surface area contributed by atoms with Crippen LogP contribution in [0.4, 0.5) is 17.7 Å². The molecule has 45 heteroatoms. The average Bonchev–Trinajstić information content (AvgIpc) is 2.17. The van der Waals surface area contributed by atoms with Gasteiger partial charge in [0.05, 0.1) is 70.6 Å². The number of carbonyl (C=O) groups excluding carboxylic acids is 1. The highest BCUT2D eigenvalue weighted by Crippen LogP contribution is 2.68. The van der Waals surface area contributed by atoms with Gasteiger partial charge >= 0.3 is 29.1 Å². The number of H-pyrrole nitrogens is 2. The van der Waals surface area contributed by atoms with Crippen LogP contribution in [0.2, 0.25) is 0 Å². The number of imidazole rings is 3. The van der Waals surface area contributed by atoms with E-state index >= 15 is 0 Å². The molecule has 3 aliphatic rings. The topological polar surface area (TPSA) is 574 Å². The van der Waals surface area contributed by atoms with Crippen LogP contribution in [0.3, 0.4) is 0 Å². The lowest BCUT2D eigenvalue weighted by molar-refractivity contribution is -0.745. The van der Waals surface area contributed by atoms with E-state index in [-0.39, 0.29) is 77.5 Å². The van der Waals surface area contributed by atoms with Crippen molar-refractivity contribution in [1.82, 2.24) is 58.5 Å². The quantitative estimate of drug-likeness (QED) is 0.0180. The molecule has 41 nitrogen and oxygen atoms in total. The molecule has 0 spiro atoms. The number of aromatic nitrogens is 12. The number of nitrogens with one attached hydrogen (secondary N) is 2. The van der Waals surface area contributed by atoms with Crippen LogP contribution in [-0.2, 0) is 80.7 Å². The second-order valence-corrected chi connectivity index (χ2v) is 25.8. The number of amides is 1. The maximum Gasteiger partial charge on any atom is 0.490 e. The number of nitrogen functional groups attached to an aromatic ring is 3. The van der Waals surface area contributed by atoms with E-state index in [1.54, 1.807) is 0 Å². The van der Waals surface area contributed by atoms with Crippen molar-refractivity contribution in [3.8, 4) is 0 Å². The van der Waals surface area contributed by atoms with Gasteiger partial charge in [-0.1, -0.05) is 4.98 Å².